The molecule has 1 fully saturated rings. The maximum absolute atomic E-state index is 9.45. The quantitative estimate of drug-likeness (QED) is 0.671. The van der Waals surface area contributed by atoms with Gasteiger partial charge in [0.1, 0.15) is 6.04 Å². The molecule has 0 N–H and O–H groups in total. The fourth-order valence-corrected chi connectivity index (χ4v) is 3.26. The highest BCUT2D eigenvalue weighted by Crippen LogP contribution is 2.33. The highest BCUT2D eigenvalue weighted by Gasteiger charge is 2.29. The van der Waals surface area contributed by atoms with Gasteiger partial charge >= 0.3 is 0 Å². The largest absolute Gasteiger partial charge is 0.334 e. The van der Waals surface area contributed by atoms with Crippen molar-refractivity contribution in [2.45, 2.75) is 18.9 Å². The lowest BCUT2D eigenvalue weighted by molar-refractivity contribution is 0.339. The third-order valence-corrected chi connectivity index (χ3v) is 4.60. The molecule has 6 heteroatoms. The number of rotatable bonds is 3. The van der Waals surface area contributed by atoms with Crippen LogP contribution in [0.5, 0.6) is 0 Å². The van der Waals surface area contributed by atoms with Crippen LogP contribution in [-0.2, 0) is 0 Å². The van der Waals surface area contributed by atoms with E-state index in [0.717, 1.165) is 24.0 Å². The van der Waals surface area contributed by atoms with Gasteiger partial charge in [0.25, 0.3) is 5.89 Å². The van der Waals surface area contributed by atoms with Gasteiger partial charge in [-0.05, 0) is 36.1 Å². The molecule has 0 aliphatic carbocycles. The number of nitriles is 2. The van der Waals surface area contributed by atoms with Crippen molar-refractivity contribution >= 4 is 0 Å². The summed E-state index contributed by atoms with van der Waals surface area (Å²) in [5.41, 5.74) is 3.10. The van der Waals surface area contributed by atoms with Crippen LogP contribution in [0, 0.1) is 22.8 Å². The lowest BCUT2D eigenvalue weighted by Gasteiger charge is -2.13. The Hall–Kier alpha value is -3.64. The van der Waals surface area contributed by atoms with Gasteiger partial charge in [-0.1, -0.05) is 41.6 Å². The number of likely N-dealkylation sites (tertiary alicyclic amines) is 1. The normalized spacial score (nSPS) is 16.2. The van der Waals surface area contributed by atoms with Crippen molar-refractivity contribution in [3.8, 4) is 34.8 Å². The summed E-state index contributed by atoms with van der Waals surface area (Å²) in [6.07, 6.45) is 3.92. The Morgan fingerprint density at radius 2 is 1.92 bits per heavy atom. The third kappa shape index (κ3) is 2.78. The van der Waals surface area contributed by atoms with Crippen LogP contribution < -0.4 is 0 Å². The summed E-state index contributed by atoms with van der Waals surface area (Å²) < 4.78 is 5.44. The Labute approximate surface area is 150 Å². The first-order valence-corrected chi connectivity index (χ1v) is 8.40. The van der Waals surface area contributed by atoms with Crippen molar-refractivity contribution in [2.75, 3.05) is 6.54 Å². The molecule has 3 aromatic rings. The Bertz CT molecular complexity index is 1010. The molecule has 26 heavy (non-hydrogen) atoms. The van der Waals surface area contributed by atoms with Crippen LogP contribution >= 0.6 is 0 Å². The second-order valence-corrected chi connectivity index (χ2v) is 6.15. The molecule has 1 aromatic heterocycles. The van der Waals surface area contributed by atoms with Gasteiger partial charge in [-0.2, -0.15) is 15.5 Å². The monoisotopic (exact) mass is 341 g/mol. The fraction of sp³-hybridized carbons (Fsp3) is 0.200. The average molecular weight is 341 g/mol. The molecule has 0 unspecified atom stereocenters. The summed E-state index contributed by atoms with van der Waals surface area (Å²) in [4.78, 5) is 6.15. The van der Waals surface area contributed by atoms with E-state index in [4.69, 9.17) is 4.52 Å². The molecule has 1 saturated heterocycles. The highest BCUT2D eigenvalue weighted by molar-refractivity contribution is 5.73. The molecule has 1 aliphatic rings. The highest BCUT2D eigenvalue weighted by atomic mass is 16.5. The molecule has 2 aromatic carbocycles. The molecule has 126 valence electrons. The minimum Gasteiger partial charge on any atom is -0.334 e. The predicted molar refractivity (Wildman–Crippen MR) is 94.2 cm³/mol. The lowest BCUT2D eigenvalue weighted by Crippen LogP contribution is -2.17. The smallest absolute Gasteiger partial charge is 0.259 e. The molecule has 0 saturated carbocycles. The molecular formula is C20H15N5O. The molecule has 0 radical (unpaired) electrons. The number of benzene rings is 2. The molecule has 0 amide bonds. The maximum Gasteiger partial charge on any atom is 0.259 e. The summed E-state index contributed by atoms with van der Waals surface area (Å²) >= 11 is 0. The van der Waals surface area contributed by atoms with Gasteiger partial charge in [0, 0.05) is 6.54 Å². The molecule has 1 atom stereocenters. The molecule has 4 rings (SSSR count). The van der Waals surface area contributed by atoms with Gasteiger partial charge in [0.05, 0.1) is 17.2 Å². The van der Waals surface area contributed by atoms with Crippen molar-refractivity contribution < 1.29 is 4.52 Å². The van der Waals surface area contributed by atoms with E-state index >= 15 is 0 Å². The number of aromatic nitrogens is 2. The Kier molecular flexibility index (Phi) is 4.09. The summed E-state index contributed by atoms with van der Waals surface area (Å²) in [5, 5.41) is 22.7. The summed E-state index contributed by atoms with van der Waals surface area (Å²) in [6.45, 7) is 0.706. The van der Waals surface area contributed by atoms with E-state index in [9.17, 15) is 10.5 Å². The van der Waals surface area contributed by atoms with Crippen LogP contribution in [0.3, 0.4) is 0 Å². The van der Waals surface area contributed by atoms with Crippen LogP contribution in [0.15, 0.2) is 53.1 Å². The van der Waals surface area contributed by atoms with Crippen molar-refractivity contribution in [3.63, 3.8) is 0 Å². The molecule has 1 aliphatic heterocycles. The summed E-state index contributed by atoms with van der Waals surface area (Å²) in [6, 6.07) is 17.5. The first-order valence-electron chi connectivity index (χ1n) is 8.40. The summed E-state index contributed by atoms with van der Waals surface area (Å²) in [5.74, 6) is 0.798. The SMILES string of the molecule is N#Cc1ccc(-c2ccccc2)cc1-c1nc([C@@H]2CCCN2C#N)no1. The maximum atomic E-state index is 9.45. The van der Waals surface area contributed by atoms with Crippen molar-refractivity contribution in [1.82, 2.24) is 15.0 Å². The van der Waals surface area contributed by atoms with Gasteiger partial charge in [0.15, 0.2) is 12.0 Å². The third-order valence-electron chi connectivity index (χ3n) is 4.60. The predicted octanol–water partition coefficient (Wildman–Crippen LogP) is 3.89. The molecule has 2 heterocycles. The van der Waals surface area contributed by atoms with Crippen LogP contribution in [-0.4, -0.2) is 21.6 Å². The summed E-state index contributed by atoms with van der Waals surface area (Å²) in [7, 11) is 0. The molecule has 0 bridgehead atoms. The van der Waals surface area contributed by atoms with E-state index in [2.05, 4.69) is 22.4 Å². The van der Waals surface area contributed by atoms with E-state index in [1.165, 1.54) is 0 Å². The standard InChI is InChI=1S/C20H15N5O/c21-12-16-9-8-15(14-5-2-1-3-6-14)11-17(16)20-23-19(24-26-20)18-7-4-10-25(18)13-22/h1-3,5-6,8-9,11,18H,4,7,10H2/t18-/m0/s1. The van der Waals surface area contributed by atoms with Crippen LogP contribution in [0.25, 0.3) is 22.6 Å². The second-order valence-electron chi connectivity index (χ2n) is 6.15. The van der Waals surface area contributed by atoms with Gasteiger partial charge in [0.2, 0.25) is 0 Å². The fourth-order valence-electron chi connectivity index (χ4n) is 3.26. The molecule has 0 spiro atoms. The zero-order valence-corrected chi connectivity index (χ0v) is 14.0. The first kappa shape index (κ1) is 15.9. The van der Waals surface area contributed by atoms with Gasteiger partial charge in [-0.25, -0.2) is 0 Å². The minimum absolute atomic E-state index is 0.152. The Morgan fingerprint density at radius 1 is 1.08 bits per heavy atom. The average Bonchev–Trinajstić information content (AvgIpc) is 3.37. The zero-order valence-electron chi connectivity index (χ0n) is 14.0. The number of hydrogen-bond acceptors (Lipinski definition) is 6. The van der Waals surface area contributed by atoms with Gasteiger partial charge in [-0.15, -0.1) is 0 Å². The Balaban J connectivity index is 1.74. The van der Waals surface area contributed by atoms with E-state index in [1.807, 2.05) is 42.5 Å². The zero-order chi connectivity index (χ0) is 17.9. The number of nitrogens with zero attached hydrogens (tertiary/aromatic N) is 5. The topological polar surface area (TPSA) is 89.7 Å². The van der Waals surface area contributed by atoms with E-state index in [0.29, 0.717) is 29.4 Å². The van der Waals surface area contributed by atoms with Crippen LogP contribution in [0.2, 0.25) is 0 Å². The van der Waals surface area contributed by atoms with Gasteiger partial charge < -0.3 is 4.52 Å². The second kappa shape index (κ2) is 6.70. The van der Waals surface area contributed by atoms with E-state index in [1.54, 1.807) is 11.0 Å². The van der Waals surface area contributed by atoms with Crippen LogP contribution in [0.4, 0.5) is 0 Å². The lowest BCUT2D eigenvalue weighted by atomic mass is 9.99. The van der Waals surface area contributed by atoms with E-state index < -0.39 is 0 Å². The van der Waals surface area contributed by atoms with E-state index in [-0.39, 0.29) is 6.04 Å². The molecule has 6 nitrogen and oxygen atoms in total. The van der Waals surface area contributed by atoms with Crippen molar-refractivity contribution in [1.29, 1.82) is 10.5 Å². The van der Waals surface area contributed by atoms with Crippen LogP contribution in [0.1, 0.15) is 30.3 Å². The molecular weight excluding hydrogens is 326 g/mol. The van der Waals surface area contributed by atoms with Gasteiger partial charge in [-0.3, -0.25) is 4.90 Å². The van der Waals surface area contributed by atoms with Crippen molar-refractivity contribution in [2.24, 2.45) is 0 Å². The minimum atomic E-state index is -0.152. The van der Waals surface area contributed by atoms with Crippen molar-refractivity contribution in [3.05, 3.63) is 59.9 Å². The number of hydrogen-bond donors (Lipinski definition) is 0. The Morgan fingerprint density at radius 3 is 2.69 bits per heavy atom. The first-order chi connectivity index (χ1) is 12.8.